The van der Waals surface area contributed by atoms with Gasteiger partial charge in [0.2, 0.25) is 0 Å². The van der Waals surface area contributed by atoms with E-state index in [0.717, 1.165) is 17.3 Å². The largest absolute Gasteiger partial charge is 0.336 e. The monoisotopic (exact) mass is 328 g/mol. The van der Waals surface area contributed by atoms with E-state index in [1.54, 1.807) is 0 Å². The van der Waals surface area contributed by atoms with Gasteiger partial charge in [-0.1, -0.05) is 54.1 Å². The number of hydrogen-bond donors (Lipinski definition) is 0. The van der Waals surface area contributed by atoms with Gasteiger partial charge in [0.25, 0.3) is 0 Å². The molecule has 0 saturated heterocycles. The summed E-state index contributed by atoms with van der Waals surface area (Å²) in [6.07, 6.45) is 5.71. The first-order valence-corrected chi connectivity index (χ1v) is 8.60. The van der Waals surface area contributed by atoms with Crippen LogP contribution in [-0.2, 0) is 12.3 Å². The molecule has 0 N–H and O–H groups in total. The van der Waals surface area contributed by atoms with Crippen molar-refractivity contribution in [3.8, 4) is 0 Å². The van der Waals surface area contributed by atoms with Gasteiger partial charge in [-0.15, -0.1) is 11.8 Å². The summed E-state index contributed by atoms with van der Waals surface area (Å²) < 4.78 is 2.13. The van der Waals surface area contributed by atoms with Gasteiger partial charge in [-0.05, 0) is 23.3 Å². The molecule has 0 aliphatic carbocycles. The maximum atomic E-state index is 5.95. The molecule has 3 rings (SSSR count). The van der Waals surface area contributed by atoms with E-state index in [1.807, 2.05) is 42.6 Å². The molecular formula is C18H17ClN2S. The molecule has 1 heterocycles. The Labute approximate surface area is 140 Å². The van der Waals surface area contributed by atoms with Crippen molar-refractivity contribution in [2.75, 3.05) is 0 Å². The molecule has 2 nitrogen and oxygen atoms in total. The first kappa shape index (κ1) is 15.2. The van der Waals surface area contributed by atoms with Crippen LogP contribution in [0.15, 0.2) is 73.3 Å². The number of imidazole rings is 1. The summed E-state index contributed by atoms with van der Waals surface area (Å²) in [4.78, 5) is 4.14. The molecule has 0 radical (unpaired) electrons. The van der Waals surface area contributed by atoms with Crippen LogP contribution in [0.5, 0.6) is 0 Å². The van der Waals surface area contributed by atoms with Crippen LogP contribution >= 0.6 is 23.4 Å². The van der Waals surface area contributed by atoms with Gasteiger partial charge in [0.1, 0.15) is 0 Å². The maximum absolute atomic E-state index is 5.95. The Morgan fingerprint density at radius 3 is 2.50 bits per heavy atom. The van der Waals surface area contributed by atoms with E-state index in [0.29, 0.717) is 5.25 Å². The summed E-state index contributed by atoms with van der Waals surface area (Å²) in [6.45, 7) is 0.919. The number of benzene rings is 2. The van der Waals surface area contributed by atoms with Gasteiger partial charge in [0.15, 0.2) is 0 Å². The van der Waals surface area contributed by atoms with E-state index in [9.17, 15) is 0 Å². The molecule has 1 unspecified atom stereocenters. The number of nitrogens with zero attached hydrogens (tertiary/aromatic N) is 2. The molecule has 0 aliphatic rings. The molecule has 1 atom stereocenters. The number of halogens is 1. The van der Waals surface area contributed by atoms with Crippen LogP contribution in [0.1, 0.15) is 16.4 Å². The average molecular weight is 329 g/mol. The Kier molecular flexibility index (Phi) is 5.20. The fourth-order valence-electron chi connectivity index (χ4n) is 2.29. The zero-order valence-electron chi connectivity index (χ0n) is 12.1. The molecule has 0 saturated carbocycles. The number of rotatable bonds is 6. The molecule has 22 heavy (non-hydrogen) atoms. The maximum Gasteiger partial charge on any atom is 0.0946 e. The predicted octanol–water partition coefficient (Wildman–Crippen LogP) is 5.21. The summed E-state index contributed by atoms with van der Waals surface area (Å²) in [6, 6.07) is 18.7. The SMILES string of the molecule is Clc1ccc(CSC(Cn2ccnc2)c2ccccc2)cc1. The van der Waals surface area contributed by atoms with Crippen LogP contribution < -0.4 is 0 Å². The van der Waals surface area contributed by atoms with E-state index >= 15 is 0 Å². The van der Waals surface area contributed by atoms with Crippen LogP contribution in [0.4, 0.5) is 0 Å². The zero-order valence-corrected chi connectivity index (χ0v) is 13.7. The van der Waals surface area contributed by atoms with Crippen molar-refractivity contribution in [1.29, 1.82) is 0 Å². The lowest BCUT2D eigenvalue weighted by atomic mass is 10.1. The summed E-state index contributed by atoms with van der Waals surface area (Å²) in [7, 11) is 0. The Hall–Kier alpha value is -1.71. The normalized spacial score (nSPS) is 12.2. The second-order valence-corrected chi connectivity index (χ2v) is 6.72. The first-order chi connectivity index (χ1) is 10.8. The number of aromatic nitrogens is 2. The van der Waals surface area contributed by atoms with Crippen LogP contribution in [0.25, 0.3) is 0 Å². The highest BCUT2D eigenvalue weighted by atomic mass is 35.5. The van der Waals surface area contributed by atoms with Gasteiger partial charge in [-0.3, -0.25) is 0 Å². The molecular weight excluding hydrogens is 312 g/mol. The Morgan fingerprint density at radius 1 is 1.05 bits per heavy atom. The number of hydrogen-bond acceptors (Lipinski definition) is 2. The first-order valence-electron chi connectivity index (χ1n) is 7.18. The Balaban J connectivity index is 1.72. The van der Waals surface area contributed by atoms with Crippen LogP contribution in [0, 0.1) is 0 Å². The molecule has 0 fully saturated rings. The minimum atomic E-state index is 0.395. The van der Waals surface area contributed by atoms with E-state index < -0.39 is 0 Å². The molecule has 0 aliphatic heterocycles. The second-order valence-electron chi connectivity index (χ2n) is 5.10. The molecule has 112 valence electrons. The molecule has 3 aromatic rings. The van der Waals surface area contributed by atoms with Crippen molar-refractivity contribution >= 4 is 23.4 Å². The Morgan fingerprint density at radius 2 is 1.82 bits per heavy atom. The summed E-state index contributed by atoms with van der Waals surface area (Å²) in [5.74, 6) is 0.964. The third kappa shape index (κ3) is 4.15. The quantitative estimate of drug-likeness (QED) is 0.618. The molecule has 2 aromatic carbocycles. The van der Waals surface area contributed by atoms with Gasteiger partial charge in [0, 0.05) is 35.0 Å². The van der Waals surface area contributed by atoms with E-state index in [-0.39, 0.29) is 0 Å². The topological polar surface area (TPSA) is 17.8 Å². The molecule has 0 amide bonds. The molecule has 0 spiro atoms. The van der Waals surface area contributed by atoms with Crippen LogP contribution in [0.2, 0.25) is 5.02 Å². The molecule has 4 heteroatoms. The molecule has 0 bridgehead atoms. The van der Waals surface area contributed by atoms with Crippen molar-refractivity contribution < 1.29 is 0 Å². The van der Waals surface area contributed by atoms with Gasteiger partial charge < -0.3 is 4.57 Å². The third-order valence-electron chi connectivity index (χ3n) is 3.47. The average Bonchev–Trinajstić information content (AvgIpc) is 3.07. The standard InChI is InChI=1S/C18H17ClN2S/c19-17-8-6-15(7-9-17)13-22-18(12-21-11-10-20-14-21)16-4-2-1-3-5-16/h1-11,14,18H,12-13H2. The lowest BCUT2D eigenvalue weighted by Gasteiger charge is -2.18. The van der Waals surface area contributed by atoms with Gasteiger partial charge in [-0.2, -0.15) is 0 Å². The minimum absolute atomic E-state index is 0.395. The Bertz CT molecular complexity index is 681. The third-order valence-corrected chi connectivity index (χ3v) is 5.05. The van der Waals surface area contributed by atoms with E-state index in [4.69, 9.17) is 11.6 Å². The fraction of sp³-hybridized carbons (Fsp3) is 0.167. The highest BCUT2D eigenvalue weighted by Crippen LogP contribution is 2.33. The van der Waals surface area contributed by atoms with E-state index in [2.05, 4.69) is 52.0 Å². The minimum Gasteiger partial charge on any atom is -0.336 e. The zero-order chi connectivity index (χ0) is 15.2. The summed E-state index contributed by atoms with van der Waals surface area (Å²) in [5.41, 5.74) is 2.64. The van der Waals surface area contributed by atoms with Crippen molar-refractivity contribution in [2.45, 2.75) is 17.5 Å². The van der Waals surface area contributed by atoms with Crippen molar-refractivity contribution in [1.82, 2.24) is 9.55 Å². The van der Waals surface area contributed by atoms with Crippen LogP contribution in [-0.4, -0.2) is 9.55 Å². The highest BCUT2D eigenvalue weighted by molar-refractivity contribution is 7.98. The van der Waals surface area contributed by atoms with Crippen molar-refractivity contribution in [2.24, 2.45) is 0 Å². The van der Waals surface area contributed by atoms with Gasteiger partial charge in [-0.25, -0.2) is 4.98 Å². The lowest BCUT2D eigenvalue weighted by molar-refractivity contribution is 0.683. The second kappa shape index (κ2) is 7.52. The van der Waals surface area contributed by atoms with Crippen molar-refractivity contribution in [3.05, 3.63) is 89.5 Å². The smallest absolute Gasteiger partial charge is 0.0946 e. The highest BCUT2D eigenvalue weighted by Gasteiger charge is 2.13. The lowest BCUT2D eigenvalue weighted by Crippen LogP contribution is -2.05. The predicted molar refractivity (Wildman–Crippen MR) is 94.2 cm³/mol. The van der Waals surface area contributed by atoms with Crippen molar-refractivity contribution in [3.63, 3.8) is 0 Å². The van der Waals surface area contributed by atoms with Crippen LogP contribution in [0.3, 0.4) is 0 Å². The van der Waals surface area contributed by atoms with Gasteiger partial charge in [0.05, 0.1) is 6.33 Å². The fourth-order valence-corrected chi connectivity index (χ4v) is 3.62. The van der Waals surface area contributed by atoms with E-state index in [1.165, 1.54) is 11.1 Å². The summed E-state index contributed by atoms with van der Waals surface area (Å²) in [5, 5.41) is 1.18. The number of thioether (sulfide) groups is 1. The summed E-state index contributed by atoms with van der Waals surface area (Å²) >= 11 is 7.89. The van der Waals surface area contributed by atoms with Gasteiger partial charge >= 0.3 is 0 Å². The molecule has 1 aromatic heterocycles.